The fraction of sp³-hybridized carbons (Fsp3) is 0.0357. The maximum Gasteiger partial charge on any atom is 0.336 e. The monoisotopic (exact) mass is 469 g/mol. The summed E-state index contributed by atoms with van der Waals surface area (Å²) in [5.41, 5.74) is 2.62. The Morgan fingerprint density at radius 3 is 1.76 bits per heavy atom. The van der Waals surface area contributed by atoms with Crippen LogP contribution in [0.2, 0.25) is 5.02 Å². The van der Waals surface area contributed by atoms with Crippen LogP contribution in [0, 0.1) is 0 Å². The average Bonchev–Trinajstić information content (AvgIpc) is 2.88. The Morgan fingerprint density at radius 1 is 0.647 bits per heavy atom. The number of nitrogens with zero attached hydrogens (tertiary/aromatic N) is 1. The molecule has 0 aliphatic carbocycles. The lowest BCUT2D eigenvalue weighted by Crippen LogP contribution is -2.12. The summed E-state index contributed by atoms with van der Waals surface area (Å²) in [7, 11) is 1.90. The number of hydrogen-bond donors (Lipinski definition) is 1. The van der Waals surface area contributed by atoms with Crippen LogP contribution in [0.25, 0.3) is 0 Å². The van der Waals surface area contributed by atoms with E-state index in [1.165, 1.54) is 18.2 Å². The zero-order valence-electron chi connectivity index (χ0n) is 18.2. The number of ketones is 2. The van der Waals surface area contributed by atoms with Crippen molar-refractivity contribution in [2.24, 2.45) is 0 Å². The Labute approximate surface area is 201 Å². The third-order valence-electron chi connectivity index (χ3n) is 5.52. The van der Waals surface area contributed by atoms with E-state index in [2.05, 4.69) is 0 Å². The standard InChI is InChI=1S/C28H20ClNO4/c1-30(23-14-10-21(29)11-15-23)22-12-7-19(8-13-22)26(31)20-9-16-24(25(17-20)28(33)34)27(32)18-5-3-2-4-6-18/h2-17H,1H3,(H,33,34). The lowest BCUT2D eigenvalue weighted by atomic mass is 9.94. The predicted octanol–water partition coefficient (Wildman–Crippen LogP) is 6.27. The summed E-state index contributed by atoms with van der Waals surface area (Å²) in [5, 5.41) is 10.3. The summed E-state index contributed by atoms with van der Waals surface area (Å²) < 4.78 is 0. The van der Waals surface area contributed by atoms with E-state index in [4.69, 9.17) is 11.6 Å². The Hall–Kier alpha value is -4.22. The van der Waals surface area contributed by atoms with Gasteiger partial charge in [0.25, 0.3) is 0 Å². The van der Waals surface area contributed by atoms with E-state index in [9.17, 15) is 19.5 Å². The minimum absolute atomic E-state index is 0.0372. The van der Waals surface area contributed by atoms with Gasteiger partial charge in [0.1, 0.15) is 0 Å². The van der Waals surface area contributed by atoms with Crippen molar-refractivity contribution in [1.82, 2.24) is 0 Å². The summed E-state index contributed by atoms with van der Waals surface area (Å²) in [4.78, 5) is 39.7. The van der Waals surface area contributed by atoms with Gasteiger partial charge >= 0.3 is 5.97 Å². The molecule has 0 unspecified atom stereocenters. The largest absolute Gasteiger partial charge is 0.478 e. The predicted molar refractivity (Wildman–Crippen MR) is 133 cm³/mol. The van der Waals surface area contributed by atoms with Crippen molar-refractivity contribution in [1.29, 1.82) is 0 Å². The van der Waals surface area contributed by atoms with Crippen LogP contribution in [0.1, 0.15) is 42.2 Å². The van der Waals surface area contributed by atoms with E-state index in [-0.39, 0.29) is 22.5 Å². The Kier molecular flexibility index (Phi) is 6.57. The van der Waals surface area contributed by atoms with E-state index in [0.29, 0.717) is 16.1 Å². The SMILES string of the molecule is CN(c1ccc(Cl)cc1)c1ccc(C(=O)c2ccc(C(=O)c3ccccc3)c(C(=O)O)c2)cc1. The first kappa shape index (κ1) is 23.0. The van der Waals surface area contributed by atoms with E-state index < -0.39 is 11.8 Å². The van der Waals surface area contributed by atoms with Gasteiger partial charge in [-0.3, -0.25) is 9.59 Å². The van der Waals surface area contributed by atoms with Gasteiger partial charge in [0, 0.05) is 45.7 Å². The highest BCUT2D eigenvalue weighted by atomic mass is 35.5. The van der Waals surface area contributed by atoms with Crippen LogP contribution >= 0.6 is 11.6 Å². The van der Waals surface area contributed by atoms with Gasteiger partial charge in [0.05, 0.1) is 5.56 Å². The van der Waals surface area contributed by atoms with Crippen molar-refractivity contribution in [3.63, 3.8) is 0 Å². The smallest absolute Gasteiger partial charge is 0.336 e. The van der Waals surface area contributed by atoms with Gasteiger partial charge in [-0.25, -0.2) is 4.79 Å². The highest BCUT2D eigenvalue weighted by Gasteiger charge is 2.21. The van der Waals surface area contributed by atoms with Crippen molar-refractivity contribution < 1.29 is 19.5 Å². The highest BCUT2D eigenvalue weighted by molar-refractivity contribution is 6.30. The molecule has 0 saturated carbocycles. The van der Waals surface area contributed by atoms with Crippen molar-refractivity contribution in [2.45, 2.75) is 0 Å². The van der Waals surface area contributed by atoms with Gasteiger partial charge in [-0.05, 0) is 60.7 Å². The molecule has 0 fully saturated rings. The molecule has 0 aliphatic heterocycles. The number of rotatable bonds is 7. The van der Waals surface area contributed by atoms with Crippen molar-refractivity contribution in [3.8, 4) is 0 Å². The van der Waals surface area contributed by atoms with Gasteiger partial charge in [0.15, 0.2) is 11.6 Å². The zero-order chi connectivity index (χ0) is 24.2. The molecule has 0 aromatic heterocycles. The van der Waals surface area contributed by atoms with Gasteiger partial charge in [-0.1, -0.05) is 48.0 Å². The van der Waals surface area contributed by atoms with E-state index in [1.807, 2.05) is 36.2 Å². The summed E-state index contributed by atoms with van der Waals surface area (Å²) in [6, 6.07) is 27.0. The molecule has 5 nitrogen and oxygen atoms in total. The van der Waals surface area contributed by atoms with Crippen LogP contribution in [0.4, 0.5) is 11.4 Å². The van der Waals surface area contributed by atoms with Gasteiger partial charge in [-0.15, -0.1) is 0 Å². The normalized spacial score (nSPS) is 10.5. The molecule has 4 rings (SSSR count). The fourth-order valence-corrected chi connectivity index (χ4v) is 3.75. The van der Waals surface area contributed by atoms with Crippen LogP contribution in [0.15, 0.2) is 97.1 Å². The number of carbonyl (C=O) groups is 3. The topological polar surface area (TPSA) is 74.7 Å². The molecule has 4 aromatic rings. The minimum Gasteiger partial charge on any atom is -0.478 e. The first-order chi connectivity index (χ1) is 16.3. The second-order valence-corrected chi connectivity index (χ2v) is 8.11. The molecule has 0 atom stereocenters. The molecule has 1 N–H and O–H groups in total. The zero-order valence-corrected chi connectivity index (χ0v) is 19.0. The molecule has 34 heavy (non-hydrogen) atoms. The highest BCUT2D eigenvalue weighted by Crippen LogP contribution is 2.26. The number of benzene rings is 4. The Morgan fingerprint density at radius 2 is 1.18 bits per heavy atom. The fourth-order valence-electron chi connectivity index (χ4n) is 3.62. The quantitative estimate of drug-likeness (QED) is 0.323. The molecule has 6 heteroatoms. The number of halogens is 1. The summed E-state index contributed by atoms with van der Waals surface area (Å²) in [6.07, 6.45) is 0. The maximum atomic E-state index is 13.1. The summed E-state index contributed by atoms with van der Waals surface area (Å²) >= 11 is 5.95. The number of carboxylic acid groups (broad SMARTS) is 1. The number of hydrogen-bond acceptors (Lipinski definition) is 4. The maximum absolute atomic E-state index is 13.1. The van der Waals surface area contributed by atoms with Crippen LogP contribution in [0.3, 0.4) is 0 Å². The first-order valence-corrected chi connectivity index (χ1v) is 10.8. The molecule has 0 spiro atoms. The molecule has 0 bridgehead atoms. The average molecular weight is 470 g/mol. The first-order valence-electron chi connectivity index (χ1n) is 10.5. The van der Waals surface area contributed by atoms with Crippen molar-refractivity contribution in [2.75, 3.05) is 11.9 Å². The number of anilines is 2. The molecule has 0 amide bonds. The Balaban J connectivity index is 1.60. The number of carboxylic acids is 1. The Bertz CT molecular complexity index is 1360. The van der Waals surface area contributed by atoms with Gasteiger partial charge in [0.2, 0.25) is 0 Å². The molecule has 0 aliphatic rings. The minimum atomic E-state index is -1.27. The van der Waals surface area contributed by atoms with Crippen molar-refractivity contribution in [3.05, 3.63) is 130 Å². The second kappa shape index (κ2) is 9.73. The molecule has 168 valence electrons. The van der Waals surface area contributed by atoms with Crippen molar-refractivity contribution >= 4 is 40.5 Å². The van der Waals surface area contributed by atoms with E-state index >= 15 is 0 Å². The molecular formula is C28H20ClNO4. The van der Waals surface area contributed by atoms with Crippen LogP contribution in [0.5, 0.6) is 0 Å². The number of aromatic carboxylic acids is 1. The summed E-state index contributed by atoms with van der Waals surface area (Å²) in [5.74, 6) is -2.01. The lowest BCUT2D eigenvalue weighted by Gasteiger charge is -2.19. The number of carbonyl (C=O) groups excluding carboxylic acids is 2. The van der Waals surface area contributed by atoms with E-state index in [0.717, 1.165) is 11.4 Å². The molecular weight excluding hydrogens is 450 g/mol. The van der Waals surface area contributed by atoms with Gasteiger partial charge in [-0.2, -0.15) is 0 Å². The summed E-state index contributed by atoms with van der Waals surface area (Å²) in [6.45, 7) is 0. The molecule has 0 heterocycles. The third kappa shape index (κ3) is 4.75. The second-order valence-electron chi connectivity index (χ2n) is 7.67. The van der Waals surface area contributed by atoms with E-state index in [1.54, 1.807) is 54.6 Å². The van der Waals surface area contributed by atoms with Crippen LogP contribution < -0.4 is 4.90 Å². The molecule has 0 saturated heterocycles. The van der Waals surface area contributed by atoms with Gasteiger partial charge < -0.3 is 10.0 Å². The molecule has 4 aromatic carbocycles. The third-order valence-corrected chi connectivity index (χ3v) is 5.78. The van der Waals surface area contributed by atoms with Crippen LogP contribution in [-0.2, 0) is 0 Å². The van der Waals surface area contributed by atoms with Crippen LogP contribution in [-0.4, -0.2) is 29.7 Å². The lowest BCUT2D eigenvalue weighted by molar-refractivity contribution is 0.0692. The molecule has 0 radical (unpaired) electrons.